The second kappa shape index (κ2) is 12.4. The van der Waals surface area contributed by atoms with E-state index in [-0.39, 0.29) is 24.3 Å². The molecule has 2 heterocycles. The number of carboxylic acids is 1. The predicted octanol–water partition coefficient (Wildman–Crippen LogP) is 6.78. The van der Waals surface area contributed by atoms with Gasteiger partial charge in [0.2, 0.25) is 0 Å². The van der Waals surface area contributed by atoms with Gasteiger partial charge >= 0.3 is 5.97 Å². The largest absolute Gasteiger partial charge is 0.479 e. The fourth-order valence-electron chi connectivity index (χ4n) is 5.15. The van der Waals surface area contributed by atoms with Crippen molar-refractivity contribution < 1.29 is 19.4 Å². The number of hydrogen-bond donors (Lipinski definition) is 1. The van der Waals surface area contributed by atoms with Crippen molar-refractivity contribution >= 4 is 23.5 Å². The summed E-state index contributed by atoms with van der Waals surface area (Å²) in [6, 6.07) is 18.2. The van der Waals surface area contributed by atoms with Gasteiger partial charge in [0.15, 0.2) is 11.9 Å². The molecule has 0 saturated carbocycles. The first-order chi connectivity index (χ1) is 18.7. The van der Waals surface area contributed by atoms with Crippen LogP contribution in [0.1, 0.15) is 84.3 Å². The molecule has 1 aromatic heterocycles. The molecule has 1 aliphatic rings. The van der Waals surface area contributed by atoms with E-state index in [4.69, 9.17) is 4.74 Å². The number of carboxylic acid groups (broad SMARTS) is 1. The molecule has 0 saturated heterocycles. The van der Waals surface area contributed by atoms with Crippen molar-refractivity contribution in [2.75, 3.05) is 11.4 Å². The molecule has 0 aliphatic carbocycles. The summed E-state index contributed by atoms with van der Waals surface area (Å²) in [7, 11) is 0. The van der Waals surface area contributed by atoms with E-state index in [0.29, 0.717) is 24.6 Å². The second-order valence-electron chi connectivity index (χ2n) is 10.6. The highest BCUT2D eigenvalue weighted by atomic mass is 16.5. The highest BCUT2D eigenvalue weighted by molar-refractivity contribution is 6.02. The van der Waals surface area contributed by atoms with Gasteiger partial charge in [-0.15, -0.1) is 0 Å². The Morgan fingerprint density at radius 2 is 1.92 bits per heavy atom. The van der Waals surface area contributed by atoms with Crippen LogP contribution < -0.4 is 4.90 Å². The van der Waals surface area contributed by atoms with Crippen molar-refractivity contribution in [2.24, 2.45) is 0 Å². The number of ether oxygens (including phenoxy) is 1. The highest BCUT2D eigenvalue weighted by Crippen LogP contribution is 2.43. The van der Waals surface area contributed by atoms with E-state index in [1.807, 2.05) is 43.3 Å². The zero-order valence-corrected chi connectivity index (χ0v) is 23.4. The quantitative estimate of drug-likeness (QED) is 0.277. The minimum Gasteiger partial charge on any atom is -0.479 e. The van der Waals surface area contributed by atoms with Gasteiger partial charge < -0.3 is 14.7 Å². The summed E-state index contributed by atoms with van der Waals surface area (Å²) in [6.45, 7) is 11.1. The van der Waals surface area contributed by atoms with Gasteiger partial charge in [-0.1, -0.05) is 69.3 Å². The third kappa shape index (κ3) is 6.45. The van der Waals surface area contributed by atoms with Crippen LogP contribution in [0.5, 0.6) is 0 Å². The lowest BCUT2D eigenvalue weighted by Crippen LogP contribution is -2.34. The number of Topliss-reactive ketones (excluding diaryl/α,β-unsaturated/α-hetero) is 1. The number of hydrogen-bond acceptors (Lipinski definition) is 5. The Bertz CT molecular complexity index is 1350. The maximum Gasteiger partial charge on any atom is 0.332 e. The molecule has 3 aromatic rings. The molecule has 2 aromatic carbocycles. The van der Waals surface area contributed by atoms with Crippen molar-refractivity contribution in [1.29, 1.82) is 0 Å². The Hall–Kier alpha value is -3.77. The lowest BCUT2D eigenvalue weighted by molar-refractivity contribution is -0.151. The van der Waals surface area contributed by atoms with Gasteiger partial charge in [-0.2, -0.15) is 0 Å². The van der Waals surface area contributed by atoms with Crippen molar-refractivity contribution in [2.45, 2.75) is 71.6 Å². The smallest absolute Gasteiger partial charge is 0.332 e. The summed E-state index contributed by atoms with van der Waals surface area (Å²) in [6.07, 6.45) is 5.54. The van der Waals surface area contributed by atoms with Crippen LogP contribution in [0.4, 0.5) is 5.69 Å². The highest BCUT2D eigenvalue weighted by Gasteiger charge is 2.40. The molecule has 6 heteroatoms. The van der Waals surface area contributed by atoms with Crippen LogP contribution in [0.25, 0.3) is 6.08 Å². The Morgan fingerprint density at radius 3 is 2.59 bits per heavy atom. The Kier molecular flexibility index (Phi) is 8.97. The zero-order valence-electron chi connectivity index (χ0n) is 23.4. The number of pyridine rings is 1. The Labute approximate surface area is 231 Å². The van der Waals surface area contributed by atoms with Gasteiger partial charge in [0, 0.05) is 24.5 Å². The van der Waals surface area contributed by atoms with Gasteiger partial charge in [-0.3, -0.25) is 9.78 Å². The fourth-order valence-corrected chi connectivity index (χ4v) is 5.15. The Morgan fingerprint density at radius 1 is 1.13 bits per heavy atom. The summed E-state index contributed by atoms with van der Waals surface area (Å²) in [5, 5.41) is 9.22. The maximum atomic E-state index is 13.7. The molecule has 0 radical (unpaired) electrons. The van der Waals surface area contributed by atoms with Gasteiger partial charge in [0.05, 0.1) is 12.5 Å². The van der Waals surface area contributed by atoms with Crippen LogP contribution >= 0.6 is 0 Å². The van der Waals surface area contributed by atoms with Gasteiger partial charge in [-0.05, 0) is 72.2 Å². The molecular weight excluding hydrogens is 488 g/mol. The molecule has 0 amide bonds. The number of carbonyl (C=O) groups is 2. The summed E-state index contributed by atoms with van der Waals surface area (Å²) in [4.78, 5) is 31.7. The average Bonchev–Trinajstić information content (AvgIpc) is 3.19. The van der Waals surface area contributed by atoms with Gasteiger partial charge in [0.25, 0.3) is 0 Å². The fraction of sp³-hybridized carbons (Fsp3) is 0.364. The van der Waals surface area contributed by atoms with Crippen molar-refractivity contribution in [3.63, 3.8) is 0 Å². The average molecular weight is 527 g/mol. The molecule has 1 aliphatic heterocycles. The van der Waals surface area contributed by atoms with Crippen molar-refractivity contribution in [1.82, 2.24) is 4.98 Å². The van der Waals surface area contributed by atoms with Crippen LogP contribution in [0.3, 0.4) is 0 Å². The van der Waals surface area contributed by atoms with E-state index in [2.05, 4.69) is 61.0 Å². The number of fused-ring (bicyclic) bond motifs is 1. The number of anilines is 1. The number of aliphatic carboxylic acids is 1. The number of ketones is 1. The lowest BCUT2D eigenvalue weighted by atomic mass is 9.87. The second-order valence-corrected chi connectivity index (χ2v) is 10.6. The molecule has 3 atom stereocenters. The third-order valence-corrected chi connectivity index (χ3v) is 7.44. The van der Waals surface area contributed by atoms with Gasteiger partial charge in [0.1, 0.15) is 5.69 Å². The lowest BCUT2D eigenvalue weighted by Gasteiger charge is -2.25. The summed E-state index contributed by atoms with van der Waals surface area (Å²) in [5.74, 6) is -0.810. The number of benzene rings is 2. The minimum absolute atomic E-state index is 0.0237. The van der Waals surface area contributed by atoms with E-state index in [9.17, 15) is 14.7 Å². The van der Waals surface area contributed by atoms with E-state index < -0.39 is 12.1 Å². The molecule has 6 nitrogen and oxygen atoms in total. The molecule has 0 bridgehead atoms. The van der Waals surface area contributed by atoms with Gasteiger partial charge in [-0.25, -0.2) is 4.79 Å². The normalized spacial score (nSPS) is 17.5. The number of aryl methyl sites for hydroxylation is 1. The zero-order chi connectivity index (χ0) is 28.1. The third-order valence-electron chi connectivity index (χ3n) is 7.44. The monoisotopic (exact) mass is 526 g/mol. The van der Waals surface area contributed by atoms with Crippen LogP contribution in [-0.2, 0) is 16.1 Å². The van der Waals surface area contributed by atoms with Crippen molar-refractivity contribution in [3.8, 4) is 0 Å². The Balaban J connectivity index is 1.54. The van der Waals surface area contributed by atoms with Crippen LogP contribution in [0.15, 0.2) is 66.9 Å². The molecule has 204 valence electrons. The number of carbonyl (C=O) groups excluding carboxylic acids is 1. The van der Waals surface area contributed by atoms with E-state index >= 15 is 0 Å². The van der Waals surface area contributed by atoms with E-state index in [1.165, 1.54) is 5.56 Å². The predicted molar refractivity (Wildman–Crippen MR) is 155 cm³/mol. The minimum atomic E-state index is -0.941. The van der Waals surface area contributed by atoms with Crippen LogP contribution in [-0.4, -0.2) is 40.5 Å². The molecule has 4 rings (SSSR count). The topological polar surface area (TPSA) is 79.7 Å². The number of nitrogens with zero attached hydrogens (tertiary/aromatic N) is 2. The number of aromatic nitrogens is 1. The standard InChI is InChI=1S/C33H38N2O4/c1-6-30(33(37)38)39-20-25-10-7-9-24(17-25)11-8-16-35-23(5)31(32(36)28-14-12-22(4)19-34-28)27-18-26(21(2)3)13-15-29(27)35/h7-15,17-19,21,23,30-31H,6,16,20H2,1-5H3,(H,37,38)/b11-8+/t23?,30-,31?/m1/s1. The first-order valence-corrected chi connectivity index (χ1v) is 13.7. The maximum absolute atomic E-state index is 13.7. The van der Waals surface area contributed by atoms with Crippen LogP contribution in [0.2, 0.25) is 0 Å². The van der Waals surface area contributed by atoms with Crippen molar-refractivity contribution in [3.05, 3.63) is 100 Å². The number of rotatable bonds is 11. The molecular formula is C33H38N2O4. The summed E-state index contributed by atoms with van der Waals surface area (Å²) in [5.41, 5.74) is 6.85. The summed E-state index contributed by atoms with van der Waals surface area (Å²) < 4.78 is 5.57. The first-order valence-electron chi connectivity index (χ1n) is 13.7. The first kappa shape index (κ1) is 28.2. The van der Waals surface area contributed by atoms with E-state index in [1.54, 1.807) is 13.1 Å². The molecule has 1 N–H and O–H groups in total. The molecule has 0 spiro atoms. The summed E-state index contributed by atoms with van der Waals surface area (Å²) >= 11 is 0. The molecule has 39 heavy (non-hydrogen) atoms. The molecule has 2 unspecified atom stereocenters. The van der Waals surface area contributed by atoms with Crippen LogP contribution in [0, 0.1) is 6.92 Å². The molecule has 0 fully saturated rings. The van der Waals surface area contributed by atoms with E-state index in [0.717, 1.165) is 27.9 Å². The SMILES string of the molecule is CC[C@@H](OCc1cccc(/C=C/CN2c3ccc(C(C)C)cc3C(C(=O)c3ccc(C)cn3)C2C)c1)C(=O)O.